The van der Waals surface area contributed by atoms with E-state index in [1.807, 2.05) is 0 Å². The molecule has 0 amide bonds. The van der Waals surface area contributed by atoms with Crippen molar-refractivity contribution >= 4 is 11.9 Å². The van der Waals surface area contributed by atoms with Crippen LogP contribution in [0.4, 0.5) is 0 Å². The molecule has 0 spiro atoms. The Kier molecular flexibility index (Phi) is 3.97. The first-order chi connectivity index (χ1) is 7.58. The van der Waals surface area contributed by atoms with Crippen LogP contribution in [0.25, 0.3) is 6.08 Å². The Morgan fingerprint density at radius 3 is 2.44 bits per heavy atom. The molecule has 82 valence electrons. The molecule has 0 aromatic heterocycles. The molecule has 0 unspecified atom stereocenters. The third-order valence-electron chi connectivity index (χ3n) is 1.69. The van der Waals surface area contributed by atoms with Crippen molar-refractivity contribution in [2.24, 2.45) is 0 Å². The molecule has 5 heteroatoms. The summed E-state index contributed by atoms with van der Waals surface area (Å²) in [7, 11) is 0. The van der Waals surface area contributed by atoms with Crippen molar-refractivity contribution in [3.8, 4) is 5.75 Å². The third-order valence-corrected chi connectivity index (χ3v) is 1.69. The number of phenols is 1. The smallest absolute Gasteiger partial charge is 0.238 e. The molecular formula is C11H9NO4. The third kappa shape index (κ3) is 4.19. The van der Waals surface area contributed by atoms with Crippen LogP contribution >= 0.6 is 0 Å². The molecule has 0 atom stereocenters. The zero-order chi connectivity index (χ0) is 12.0. The van der Waals surface area contributed by atoms with Crippen LogP contribution in [0.5, 0.6) is 5.75 Å². The zero-order valence-corrected chi connectivity index (χ0v) is 8.24. The van der Waals surface area contributed by atoms with Gasteiger partial charge < -0.3 is 5.11 Å². The van der Waals surface area contributed by atoms with E-state index in [9.17, 15) is 14.9 Å². The fourth-order valence-corrected chi connectivity index (χ4v) is 0.954. The Morgan fingerprint density at radius 1 is 1.25 bits per heavy atom. The molecule has 0 fully saturated rings. The van der Waals surface area contributed by atoms with Gasteiger partial charge in [-0.3, -0.25) is 14.9 Å². The number of nitrogens with zero attached hydrogens (tertiary/aromatic N) is 1. The Balaban J connectivity index is 2.63. The largest absolute Gasteiger partial charge is 0.508 e. The Bertz CT molecular complexity index is 446. The first-order valence-electron chi connectivity index (χ1n) is 4.41. The average molecular weight is 219 g/mol. The van der Waals surface area contributed by atoms with Gasteiger partial charge in [0.1, 0.15) is 5.75 Å². The molecule has 0 saturated heterocycles. The van der Waals surface area contributed by atoms with Crippen LogP contribution in [0.15, 0.2) is 42.6 Å². The molecule has 0 heterocycles. The highest BCUT2D eigenvalue weighted by Crippen LogP contribution is 2.10. The number of hydrogen-bond acceptors (Lipinski definition) is 4. The van der Waals surface area contributed by atoms with Crippen LogP contribution in [-0.4, -0.2) is 15.8 Å². The van der Waals surface area contributed by atoms with Crippen molar-refractivity contribution in [3.63, 3.8) is 0 Å². The number of hydrogen-bond donors (Lipinski definition) is 1. The minimum Gasteiger partial charge on any atom is -0.508 e. The number of rotatable bonds is 4. The number of carbonyl (C=O) groups excluding carboxylic acids is 1. The summed E-state index contributed by atoms with van der Waals surface area (Å²) >= 11 is 0. The van der Waals surface area contributed by atoms with Gasteiger partial charge in [-0.1, -0.05) is 18.2 Å². The van der Waals surface area contributed by atoms with Gasteiger partial charge in [0.25, 0.3) is 0 Å². The number of benzene rings is 1. The van der Waals surface area contributed by atoms with Crippen LogP contribution in [0, 0.1) is 10.1 Å². The molecule has 0 aliphatic rings. The Hall–Kier alpha value is -2.43. The number of aromatic hydroxyl groups is 1. The first-order valence-corrected chi connectivity index (χ1v) is 4.41. The summed E-state index contributed by atoms with van der Waals surface area (Å²) in [6, 6.07) is 6.21. The molecule has 16 heavy (non-hydrogen) atoms. The van der Waals surface area contributed by atoms with Gasteiger partial charge in [0, 0.05) is 0 Å². The standard InChI is InChI=1S/C11H9NO4/c13-10-4-1-9(2-5-10)3-6-11(14)7-8-12(15)16/h1-8,13H. The van der Waals surface area contributed by atoms with Gasteiger partial charge in [-0.15, -0.1) is 0 Å². The van der Waals surface area contributed by atoms with Gasteiger partial charge in [-0.2, -0.15) is 0 Å². The fraction of sp³-hybridized carbons (Fsp3) is 0. The summed E-state index contributed by atoms with van der Waals surface area (Å²) in [4.78, 5) is 20.3. The van der Waals surface area contributed by atoms with Gasteiger partial charge in [0.05, 0.1) is 11.0 Å². The highest BCUT2D eigenvalue weighted by molar-refractivity contribution is 6.01. The highest BCUT2D eigenvalue weighted by Gasteiger charge is 1.93. The summed E-state index contributed by atoms with van der Waals surface area (Å²) in [5.74, 6) is -0.332. The van der Waals surface area contributed by atoms with Crippen LogP contribution in [0.2, 0.25) is 0 Å². The number of ketones is 1. The van der Waals surface area contributed by atoms with Crippen molar-refractivity contribution in [2.45, 2.75) is 0 Å². The highest BCUT2D eigenvalue weighted by atomic mass is 16.6. The minimum absolute atomic E-state index is 0.136. The molecule has 1 aromatic rings. The summed E-state index contributed by atoms with van der Waals surface area (Å²) in [6.45, 7) is 0. The first kappa shape index (κ1) is 11.6. The second-order valence-electron chi connectivity index (χ2n) is 2.93. The van der Waals surface area contributed by atoms with Crippen LogP contribution in [-0.2, 0) is 4.79 Å². The number of nitro groups is 1. The van der Waals surface area contributed by atoms with Crippen molar-refractivity contribution in [2.75, 3.05) is 0 Å². The lowest BCUT2D eigenvalue weighted by Gasteiger charge is -1.92. The topological polar surface area (TPSA) is 80.4 Å². The van der Waals surface area contributed by atoms with Crippen LogP contribution < -0.4 is 0 Å². The molecule has 0 aliphatic carbocycles. The van der Waals surface area contributed by atoms with E-state index in [1.54, 1.807) is 12.1 Å². The van der Waals surface area contributed by atoms with E-state index in [0.29, 0.717) is 6.20 Å². The van der Waals surface area contributed by atoms with E-state index >= 15 is 0 Å². The lowest BCUT2D eigenvalue weighted by atomic mass is 10.2. The number of phenolic OH excluding ortho intramolecular Hbond substituents is 1. The summed E-state index contributed by atoms with van der Waals surface area (Å²) < 4.78 is 0. The van der Waals surface area contributed by atoms with Crippen molar-refractivity contribution in [3.05, 3.63) is 58.3 Å². The minimum atomic E-state index is -0.702. The second-order valence-corrected chi connectivity index (χ2v) is 2.93. The maximum absolute atomic E-state index is 11.1. The SMILES string of the molecule is O=C(C=Cc1ccc(O)cc1)C=C[N+](=O)[O-]. The molecule has 1 rings (SSSR count). The quantitative estimate of drug-likeness (QED) is 0.475. The van der Waals surface area contributed by atoms with Gasteiger partial charge in [-0.05, 0) is 23.8 Å². The van der Waals surface area contributed by atoms with E-state index in [2.05, 4.69) is 0 Å². The molecule has 0 bridgehead atoms. The molecule has 1 N–H and O–H groups in total. The van der Waals surface area contributed by atoms with Gasteiger partial charge in [0.15, 0.2) is 5.78 Å². The second kappa shape index (κ2) is 5.45. The summed E-state index contributed by atoms with van der Waals surface area (Å²) in [5, 5.41) is 18.9. The number of allylic oxidation sites excluding steroid dienone is 2. The van der Waals surface area contributed by atoms with Crippen LogP contribution in [0.1, 0.15) is 5.56 Å². The summed E-state index contributed by atoms with van der Waals surface area (Å²) in [6.07, 6.45) is 4.18. The molecule has 0 saturated carbocycles. The van der Waals surface area contributed by atoms with E-state index in [0.717, 1.165) is 11.6 Å². The molecule has 0 aliphatic heterocycles. The van der Waals surface area contributed by atoms with E-state index in [1.165, 1.54) is 24.3 Å². The molecular weight excluding hydrogens is 210 g/mol. The predicted molar refractivity (Wildman–Crippen MR) is 58.3 cm³/mol. The lowest BCUT2D eigenvalue weighted by molar-refractivity contribution is -0.402. The van der Waals surface area contributed by atoms with Crippen LogP contribution in [0.3, 0.4) is 0 Å². The van der Waals surface area contributed by atoms with Gasteiger partial charge in [0.2, 0.25) is 6.20 Å². The average Bonchev–Trinajstić information content (AvgIpc) is 2.25. The van der Waals surface area contributed by atoms with Gasteiger partial charge >= 0.3 is 0 Å². The maximum Gasteiger partial charge on any atom is 0.238 e. The van der Waals surface area contributed by atoms with Crippen molar-refractivity contribution in [1.82, 2.24) is 0 Å². The molecule has 5 nitrogen and oxygen atoms in total. The predicted octanol–water partition coefficient (Wildman–Crippen LogP) is 1.76. The Labute approximate surface area is 91.5 Å². The Morgan fingerprint density at radius 2 is 1.88 bits per heavy atom. The molecule has 0 radical (unpaired) electrons. The van der Waals surface area contributed by atoms with Crippen molar-refractivity contribution in [1.29, 1.82) is 0 Å². The van der Waals surface area contributed by atoms with Crippen molar-refractivity contribution < 1.29 is 14.8 Å². The fourth-order valence-electron chi connectivity index (χ4n) is 0.954. The van der Waals surface area contributed by atoms with E-state index in [-0.39, 0.29) is 5.75 Å². The lowest BCUT2D eigenvalue weighted by Crippen LogP contribution is -1.89. The van der Waals surface area contributed by atoms with Gasteiger partial charge in [-0.25, -0.2) is 0 Å². The zero-order valence-electron chi connectivity index (χ0n) is 8.24. The maximum atomic E-state index is 11.1. The monoisotopic (exact) mass is 219 g/mol. The number of carbonyl (C=O) groups is 1. The normalized spacial score (nSPS) is 11.0. The van der Waals surface area contributed by atoms with E-state index in [4.69, 9.17) is 5.11 Å². The molecule has 1 aromatic carbocycles. The van der Waals surface area contributed by atoms with E-state index < -0.39 is 10.7 Å². The summed E-state index contributed by atoms with van der Waals surface area (Å²) in [5.41, 5.74) is 0.723.